The predicted molar refractivity (Wildman–Crippen MR) is 97.9 cm³/mol. The summed E-state index contributed by atoms with van der Waals surface area (Å²) in [6.07, 6.45) is 0.918. The van der Waals surface area contributed by atoms with Gasteiger partial charge >= 0.3 is 0 Å². The van der Waals surface area contributed by atoms with Crippen molar-refractivity contribution < 1.29 is 4.39 Å². The second-order valence-corrected chi connectivity index (χ2v) is 7.17. The minimum atomic E-state index is -0.194. The molecule has 4 nitrogen and oxygen atoms in total. The van der Waals surface area contributed by atoms with Gasteiger partial charge in [-0.05, 0) is 29.9 Å². The summed E-state index contributed by atoms with van der Waals surface area (Å²) in [4.78, 5) is 8.77. The van der Waals surface area contributed by atoms with Crippen molar-refractivity contribution in [2.24, 2.45) is 22.4 Å². The van der Waals surface area contributed by atoms with Crippen molar-refractivity contribution in [2.75, 3.05) is 12.3 Å². The van der Waals surface area contributed by atoms with E-state index < -0.39 is 0 Å². The third kappa shape index (κ3) is 5.93. The Hall–Kier alpha value is -1.44. The molecular formula is C16H21FN4S2. The summed E-state index contributed by atoms with van der Waals surface area (Å²) in [6.45, 7) is 2.42. The maximum absolute atomic E-state index is 12.8. The van der Waals surface area contributed by atoms with Gasteiger partial charge in [-0.1, -0.05) is 19.1 Å². The number of amidine groups is 1. The first-order valence-corrected chi connectivity index (χ1v) is 9.42. The number of hydrogen-bond donors (Lipinski definition) is 2. The van der Waals surface area contributed by atoms with Crippen LogP contribution in [-0.4, -0.2) is 23.1 Å². The van der Waals surface area contributed by atoms with Crippen LogP contribution in [0.15, 0.2) is 34.6 Å². The van der Waals surface area contributed by atoms with E-state index in [4.69, 9.17) is 11.5 Å². The van der Waals surface area contributed by atoms with Crippen molar-refractivity contribution in [1.82, 2.24) is 4.98 Å². The lowest BCUT2D eigenvalue weighted by Gasteiger charge is -2.05. The topological polar surface area (TPSA) is 77.3 Å². The molecule has 4 N–H and O–H groups in total. The summed E-state index contributed by atoms with van der Waals surface area (Å²) in [6, 6.07) is 6.65. The van der Waals surface area contributed by atoms with E-state index in [0.717, 1.165) is 29.2 Å². The minimum absolute atomic E-state index is 0.0624. The first kappa shape index (κ1) is 17.9. The molecule has 0 aliphatic carbocycles. The van der Waals surface area contributed by atoms with Crippen molar-refractivity contribution in [3.05, 3.63) is 46.7 Å². The van der Waals surface area contributed by atoms with Crippen LogP contribution in [0.25, 0.3) is 0 Å². The molecule has 1 aromatic carbocycles. The molecule has 1 atom stereocenters. The highest BCUT2D eigenvalue weighted by molar-refractivity contribution is 7.98. The highest BCUT2D eigenvalue weighted by Crippen LogP contribution is 2.23. The van der Waals surface area contributed by atoms with E-state index in [2.05, 4.69) is 9.98 Å². The van der Waals surface area contributed by atoms with Crippen LogP contribution in [0.4, 0.5) is 9.52 Å². The molecule has 0 aliphatic rings. The molecule has 0 saturated heterocycles. The Balaban J connectivity index is 1.77. The minimum Gasteiger partial charge on any atom is -0.387 e. The number of hydrogen-bond acceptors (Lipinski definition) is 5. The first-order valence-electron chi connectivity index (χ1n) is 7.39. The van der Waals surface area contributed by atoms with E-state index in [0.29, 0.717) is 17.5 Å². The van der Waals surface area contributed by atoms with Crippen LogP contribution in [0.5, 0.6) is 0 Å². The molecule has 0 aliphatic heterocycles. The van der Waals surface area contributed by atoms with Gasteiger partial charge in [0.2, 0.25) is 5.13 Å². The molecular weight excluding hydrogens is 331 g/mol. The van der Waals surface area contributed by atoms with Gasteiger partial charge in [0.1, 0.15) is 11.7 Å². The lowest BCUT2D eigenvalue weighted by Crippen LogP contribution is -2.27. The van der Waals surface area contributed by atoms with Crippen molar-refractivity contribution in [2.45, 2.75) is 19.1 Å². The summed E-state index contributed by atoms with van der Waals surface area (Å²) in [5, 5.41) is 2.68. The number of aryl methyl sites for hydroxylation is 1. The molecule has 124 valence electrons. The number of thioether (sulfide) groups is 1. The van der Waals surface area contributed by atoms with E-state index >= 15 is 0 Å². The molecule has 0 fully saturated rings. The van der Waals surface area contributed by atoms with Gasteiger partial charge in [0.25, 0.3) is 0 Å². The highest BCUT2D eigenvalue weighted by atomic mass is 32.2. The number of thiazole rings is 1. The largest absolute Gasteiger partial charge is 0.387 e. The Kier molecular flexibility index (Phi) is 7.01. The Morgan fingerprint density at radius 2 is 2.13 bits per heavy atom. The third-order valence-electron chi connectivity index (χ3n) is 3.32. The number of halogens is 1. The molecule has 2 aromatic rings. The van der Waals surface area contributed by atoms with Gasteiger partial charge in [-0.3, -0.25) is 0 Å². The van der Waals surface area contributed by atoms with Gasteiger partial charge in [-0.25, -0.2) is 14.4 Å². The van der Waals surface area contributed by atoms with Crippen LogP contribution in [0.1, 0.15) is 18.2 Å². The summed E-state index contributed by atoms with van der Waals surface area (Å²) >= 11 is 3.29. The number of rotatable bonds is 8. The molecule has 1 heterocycles. The van der Waals surface area contributed by atoms with Crippen molar-refractivity contribution in [1.29, 1.82) is 0 Å². The fourth-order valence-electron chi connectivity index (χ4n) is 1.77. The van der Waals surface area contributed by atoms with Crippen LogP contribution in [0.3, 0.4) is 0 Å². The maximum atomic E-state index is 12.8. The smallest absolute Gasteiger partial charge is 0.211 e. The molecule has 0 saturated carbocycles. The van der Waals surface area contributed by atoms with Crippen LogP contribution >= 0.6 is 23.1 Å². The number of nitrogens with zero attached hydrogens (tertiary/aromatic N) is 2. The Bertz CT molecular complexity index is 640. The van der Waals surface area contributed by atoms with Crippen molar-refractivity contribution in [3.8, 4) is 0 Å². The molecule has 2 rings (SSSR count). The highest BCUT2D eigenvalue weighted by Gasteiger charge is 2.07. The summed E-state index contributed by atoms with van der Waals surface area (Å²) < 4.78 is 12.8. The molecule has 7 heteroatoms. The lowest BCUT2D eigenvalue weighted by atomic mass is 10.2. The average Bonchev–Trinajstić information content (AvgIpc) is 2.99. The summed E-state index contributed by atoms with van der Waals surface area (Å²) in [7, 11) is 0. The zero-order valence-electron chi connectivity index (χ0n) is 13.0. The standard InChI is InChI=1S/C16H21FN4S2/c1-11(8-18)15(19)21-16-20-14(10-23-16)9-22-7-6-12-2-4-13(17)5-3-12/h2-5,10-11H,6-9,18H2,1H3,(H2,19,20,21). The Labute approximate surface area is 144 Å². The molecule has 0 spiro atoms. The zero-order chi connectivity index (χ0) is 16.7. The monoisotopic (exact) mass is 352 g/mol. The Morgan fingerprint density at radius 3 is 2.83 bits per heavy atom. The van der Waals surface area contributed by atoms with E-state index in [9.17, 15) is 4.39 Å². The first-order chi connectivity index (χ1) is 11.1. The fourth-order valence-corrected chi connectivity index (χ4v) is 3.47. The maximum Gasteiger partial charge on any atom is 0.211 e. The molecule has 0 bridgehead atoms. The molecule has 23 heavy (non-hydrogen) atoms. The van der Waals surface area contributed by atoms with Crippen molar-refractivity contribution >= 4 is 34.1 Å². The number of aromatic nitrogens is 1. The van der Waals surface area contributed by atoms with Gasteiger partial charge < -0.3 is 11.5 Å². The van der Waals surface area contributed by atoms with Crippen LogP contribution in [0, 0.1) is 11.7 Å². The third-order valence-corrected chi connectivity index (χ3v) is 5.10. The number of benzene rings is 1. The molecule has 0 radical (unpaired) electrons. The quantitative estimate of drug-likeness (QED) is 0.434. The normalized spacial score (nSPS) is 13.3. The van der Waals surface area contributed by atoms with Crippen LogP contribution in [0.2, 0.25) is 0 Å². The molecule has 1 aromatic heterocycles. The molecule has 1 unspecified atom stereocenters. The number of nitrogens with two attached hydrogens (primary N) is 2. The van der Waals surface area contributed by atoms with E-state index in [1.165, 1.54) is 23.5 Å². The summed E-state index contributed by atoms with van der Waals surface area (Å²) in [5.74, 6) is 2.19. The Morgan fingerprint density at radius 1 is 1.39 bits per heavy atom. The van der Waals surface area contributed by atoms with Crippen molar-refractivity contribution in [3.63, 3.8) is 0 Å². The summed E-state index contributed by atoms with van der Waals surface area (Å²) in [5.41, 5.74) is 13.6. The van der Waals surface area contributed by atoms with Gasteiger partial charge in [0, 0.05) is 23.6 Å². The number of aliphatic imine (C=N–C) groups is 1. The van der Waals surface area contributed by atoms with Crippen LogP contribution in [-0.2, 0) is 12.2 Å². The van der Waals surface area contributed by atoms with Gasteiger partial charge in [0.15, 0.2) is 0 Å². The molecule has 0 amide bonds. The second-order valence-electron chi connectivity index (χ2n) is 5.22. The van der Waals surface area contributed by atoms with Gasteiger partial charge in [-0.15, -0.1) is 11.3 Å². The predicted octanol–water partition coefficient (Wildman–Crippen LogP) is 3.34. The van der Waals surface area contributed by atoms with Crippen LogP contribution < -0.4 is 11.5 Å². The lowest BCUT2D eigenvalue weighted by molar-refractivity contribution is 0.627. The second kappa shape index (κ2) is 9.00. The van der Waals surface area contributed by atoms with Gasteiger partial charge in [-0.2, -0.15) is 11.8 Å². The fraction of sp³-hybridized carbons (Fsp3) is 0.375. The van der Waals surface area contributed by atoms with E-state index in [1.54, 1.807) is 11.8 Å². The van der Waals surface area contributed by atoms with E-state index in [1.807, 2.05) is 24.4 Å². The average molecular weight is 353 g/mol. The SMILES string of the molecule is CC(CN)C(N)=Nc1nc(CSCCc2ccc(F)cc2)cs1. The zero-order valence-corrected chi connectivity index (χ0v) is 14.7. The van der Waals surface area contributed by atoms with E-state index in [-0.39, 0.29) is 11.7 Å². The van der Waals surface area contributed by atoms with Gasteiger partial charge in [0.05, 0.1) is 5.69 Å².